The number of halogens is 1. The molecule has 1 amide bonds. The molecule has 1 aromatic heterocycles. The van der Waals surface area contributed by atoms with Crippen LogP contribution in [-0.2, 0) is 4.79 Å². The van der Waals surface area contributed by atoms with Gasteiger partial charge in [0, 0.05) is 15.6 Å². The van der Waals surface area contributed by atoms with Gasteiger partial charge in [-0.25, -0.2) is 4.68 Å². The number of nitrogens with zero attached hydrogens (tertiary/aromatic N) is 2. The summed E-state index contributed by atoms with van der Waals surface area (Å²) in [7, 11) is 1.67. The van der Waals surface area contributed by atoms with Crippen molar-refractivity contribution in [2.75, 3.05) is 18.2 Å². The summed E-state index contributed by atoms with van der Waals surface area (Å²) < 4.78 is 8.42. The normalized spacial score (nSPS) is 16.3. The number of carbonyl (C=O) groups excluding carboxylic acids is 1. The van der Waals surface area contributed by atoms with E-state index in [1.165, 1.54) is 0 Å². The Kier molecular flexibility index (Phi) is 5.21. The highest BCUT2D eigenvalue weighted by Gasteiger charge is 2.32. The Balaban J connectivity index is 1.93. The molecule has 28 heavy (non-hydrogen) atoms. The molecule has 0 fully saturated rings. The Morgan fingerprint density at radius 1 is 1.25 bits per heavy atom. The summed E-state index contributed by atoms with van der Waals surface area (Å²) in [6.07, 6.45) is 0. The van der Waals surface area contributed by atoms with Crippen LogP contribution in [0, 0.1) is 13.8 Å². The minimum atomic E-state index is -0.0695. The number of hydrogen-bond donors (Lipinski definition) is 1. The summed E-state index contributed by atoms with van der Waals surface area (Å²) in [6.45, 7) is 4.03. The van der Waals surface area contributed by atoms with Crippen molar-refractivity contribution in [1.82, 2.24) is 9.78 Å². The predicted molar refractivity (Wildman–Crippen MR) is 117 cm³/mol. The monoisotopic (exact) mass is 457 g/mol. The van der Waals surface area contributed by atoms with Crippen molar-refractivity contribution in [2.24, 2.45) is 0 Å². The number of anilines is 1. The molecule has 3 aromatic rings. The molecular formula is C21H20BrN3O2S. The standard InChI is InChI=1S/C21H20BrN3O2S/c1-12-5-4-6-15(9-12)25-21-19(13(2)24-25)20(28-11-18(26)23-21)16-10-14(22)7-8-17(16)27-3/h4-10,20H,11H2,1-3H3,(H,23,26). The van der Waals surface area contributed by atoms with Crippen LogP contribution < -0.4 is 10.1 Å². The number of fused-ring (bicyclic) bond motifs is 1. The summed E-state index contributed by atoms with van der Waals surface area (Å²) in [4.78, 5) is 12.5. The second-order valence-corrected chi connectivity index (χ2v) is 8.73. The molecule has 5 nitrogen and oxygen atoms in total. The molecule has 1 N–H and O–H groups in total. The van der Waals surface area contributed by atoms with Crippen LogP contribution >= 0.6 is 27.7 Å². The molecule has 0 aliphatic carbocycles. The third-order valence-electron chi connectivity index (χ3n) is 4.73. The first-order valence-electron chi connectivity index (χ1n) is 8.89. The molecule has 0 bridgehead atoms. The van der Waals surface area contributed by atoms with Crippen LogP contribution in [0.5, 0.6) is 5.75 Å². The molecule has 1 unspecified atom stereocenters. The Hall–Kier alpha value is -2.25. The third-order valence-corrected chi connectivity index (χ3v) is 6.47. The third kappa shape index (κ3) is 3.44. The summed E-state index contributed by atoms with van der Waals surface area (Å²) >= 11 is 5.15. The number of methoxy groups -OCH3 is 1. The lowest BCUT2D eigenvalue weighted by Gasteiger charge is -2.18. The zero-order valence-electron chi connectivity index (χ0n) is 15.8. The van der Waals surface area contributed by atoms with E-state index in [2.05, 4.69) is 33.4 Å². The van der Waals surface area contributed by atoms with Crippen molar-refractivity contribution in [1.29, 1.82) is 0 Å². The lowest BCUT2D eigenvalue weighted by atomic mass is 10.0. The fraction of sp³-hybridized carbons (Fsp3) is 0.238. The molecule has 2 heterocycles. The maximum atomic E-state index is 12.5. The van der Waals surface area contributed by atoms with E-state index in [9.17, 15) is 4.79 Å². The number of amides is 1. The Morgan fingerprint density at radius 3 is 2.82 bits per heavy atom. The molecule has 1 aliphatic rings. The molecule has 1 aliphatic heterocycles. The van der Waals surface area contributed by atoms with E-state index in [0.717, 1.165) is 44.1 Å². The van der Waals surface area contributed by atoms with Gasteiger partial charge >= 0.3 is 0 Å². The Morgan fingerprint density at radius 2 is 2.07 bits per heavy atom. The summed E-state index contributed by atoms with van der Waals surface area (Å²) in [5.41, 5.74) is 4.98. The van der Waals surface area contributed by atoms with E-state index in [1.54, 1.807) is 18.9 Å². The number of aryl methyl sites for hydroxylation is 2. The lowest BCUT2D eigenvalue weighted by molar-refractivity contribution is -0.113. The SMILES string of the molecule is COc1ccc(Br)cc1C1SCC(=O)Nc2c1c(C)nn2-c1cccc(C)c1. The van der Waals surface area contributed by atoms with Gasteiger partial charge in [-0.15, -0.1) is 11.8 Å². The molecule has 4 rings (SSSR count). The van der Waals surface area contributed by atoms with E-state index < -0.39 is 0 Å². The summed E-state index contributed by atoms with van der Waals surface area (Å²) in [5, 5.41) is 7.77. The number of thioether (sulfide) groups is 1. The zero-order chi connectivity index (χ0) is 19.8. The number of nitrogens with one attached hydrogen (secondary N) is 1. The molecule has 7 heteroatoms. The highest BCUT2D eigenvalue weighted by atomic mass is 79.9. The predicted octanol–water partition coefficient (Wildman–Crippen LogP) is 5.03. The van der Waals surface area contributed by atoms with Crippen molar-refractivity contribution >= 4 is 39.4 Å². The summed E-state index contributed by atoms with van der Waals surface area (Å²) in [6, 6.07) is 14.1. The molecule has 1 atom stereocenters. The topological polar surface area (TPSA) is 56.1 Å². The minimum Gasteiger partial charge on any atom is -0.496 e. The largest absolute Gasteiger partial charge is 0.496 e. The number of ether oxygens (including phenoxy) is 1. The second kappa shape index (κ2) is 7.64. The van der Waals surface area contributed by atoms with Crippen molar-refractivity contribution in [3.63, 3.8) is 0 Å². The van der Waals surface area contributed by atoms with Crippen LogP contribution in [0.25, 0.3) is 5.69 Å². The van der Waals surface area contributed by atoms with Crippen LogP contribution in [0.4, 0.5) is 5.82 Å². The average molecular weight is 458 g/mol. The summed E-state index contributed by atoms with van der Waals surface area (Å²) in [5.74, 6) is 1.85. The average Bonchev–Trinajstić information content (AvgIpc) is 2.88. The first-order valence-corrected chi connectivity index (χ1v) is 10.7. The fourth-order valence-electron chi connectivity index (χ4n) is 3.49. The maximum absolute atomic E-state index is 12.5. The molecule has 144 valence electrons. The lowest BCUT2D eigenvalue weighted by Crippen LogP contribution is -2.15. The molecule has 0 radical (unpaired) electrons. The zero-order valence-corrected chi connectivity index (χ0v) is 18.2. The smallest absolute Gasteiger partial charge is 0.235 e. The molecule has 0 saturated carbocycles. The molecule has 0 saturated heterocycles. The number of aromatic nitrogens is 2. The van der Waals surface area contributed by atoms with Crippen LogP contribution in [0.2, 0.25) is 0 Å². The number of benzene rings is 2. The Labute approximate surface area is 176 Å². The van der Waals surface area contributed by atoms with E-state index in [-0.39, 0.29) is 11.2 Å². The van der Waals surface area contributed by atoms with Crippen LogP contribution in [0.3, 0.4) is 0 Å². The van der Waals surface area contributed by atoms with E-state index in [1.807, 2.05) is 48.9 Å². The second-order valence-electron chi connectivity index (χ2n) is 6.72. The van der Waals surface area contributed by atoms with Crippen LogP contribution in [0.15, 0.2) is 46.9 Å². The van der Waals surface area contributed by atoms with E-state index in [0.29, 0.717) is 5.75 Å². The van der Waals surface area contributed by atoms with Gasteiger partial charge in [-0.05, 0) is 49.7 Å². The highest BCUT2D eigenvalue weighted by molar-refractivity contribution is 9.10. The quantitative estimate of drug-likeness (QED) is 0.598. The van der Waals surface area contributed by atoms with Gasteiger partial charge in [0.2, 0.25) is 5.91 Å². The van der Waals surface area contributed by atoms with E-state index in [4.69, 9.17) is 9.84 Å². The number of carbonyl (C=O) groups is 1. The van der Waals surface area contributed by atoms with Gasteiger partial charge in [0.1, 0.15) is 11.6 Å². The van der Waals surface area contributed by atoms with Crippen molar-refractivity contribution in [3.05, 3.63) is 69.3 Å². The van der Waals surface area contributed by atoms with Gasteiger partial charge in [0.05, 0.1) is 29.5 Å². The van der Waals surface area contributed by atoms with Crippen molar-refractivity contribution in [2.45, 2.75) is 19.1 Å². The van der Waals surface area contributed by atoms with Crippen LogP contribution in [0.1, 0.15) is 27.6 Å². The van der Waals surface area contributed by atoms with Crippen molar-refractivity contribution in [3.8, 4) is 11.4 Å². The number of rotatable bonds is 3. The minimum absolute atomic E-state index is 0.0310. The molecular weight excluding hydrogens is 438 g/mol. The van der Waals surface area contributed by atoms with Gasteiger partial charge in [-0.3, -0.25) is 4.79 Å². The van der Waals surface area contributed by atoms with Gasteiger partial charge in [-0.2, -0.15) is 5.10 Å². The van der Waals surface area contributed by atoms with Gasteiger partial charge in [0.25, 0.3) is 0 Å². The van der Waals surface area contributed by atoms with Crippen LogP contribution in [-0.4, -0.2) is 28.6 Å². The fourth-order valence-corrected chi connectivity index (χ4v) is 5.07. The van der Waals surface area contributed by atoms with E-state index >= 15 is 0 Å². The van der Waals surface area contributed by atoms with Gasteiger partial charge < -0.3 is 10.1 Å². The van der Waals surface area contributed by atoms with Gasteiger partial charge in [-0.1, -0.05) is 28.1 Å². The molecule has 0 spiro atoms. The first kappa shape index (κ1) is 19.1. The van der Waals surface area contributed by atoms with Crippen molar-refractivity contribution < 1.29 is 9.53 Å². The first-order chi connectivity index (χ1) is 13.5. The number of hydrogen-bond acceptors (Lipinski definition) is 4. The highest BCUT2D eigenvalue weighted by Crippen LogP contribution is 2.47. The van der Waals surface area contributed by atoms with Gasteiger partial charge in [0.15, 0.2) is 0 Å². The molecule has 2 aromatic carbocycles. The Bertz CT molecular complexity index is 1060. The maximum Gasteiger partial charge on any atom is 0.235 e.